The van der Waals surface area contributed by atoms with Crippen molar-refractivity contribution in [3.8, 4) is 11.3 Å². The molecule has 3 aromatic rings. The Morgan fingerprint density at radius 1 is 1.35 bits per heavy atom. The molecule has 0 radical (unpaired) electrons. The maximum atomic E-state index is 11.1. The van der Waals surface area contributed by atoms with E-state index in [4.69, 9.17) is 4.42 Å². The molecule has 0 saturated heterocycles. The molecule has 0 saturated carbocycles. The average molecular weight is 227 g/mol. The van der Waals surface area contributed by atoms with Gasteiger partial charge in [-0.3, -0.25) is 4.79 Å². The van der Waals surface area contributed by atoms with Crippen molar-refractivity contribution in [1.29, 1.82) is 0 Å². The molecule has 2 heterocycles. The van der Waals surface area contributed by atoms with Crippen LogP contribution in [0.5, 0.6) is 0 Å². The number of hydrogen-bond donors (Lipinski definition) is 1. The molecule has 0 fully saturated rings. The van der Waals surface area contributed by atoms with Gasteiger partial charge in [0, 0.05) is 12.5 Å². The molecule has 1 aromatic carbocycles. The third-order valence-corrected chi connectivity index (χ3v) is 2.55. The molecule has 0 atom stereocenters. The number of carbonyl (C=O) groups is 1. The van der Waals surface area contributed by atoms with Crippen molar-refractivity contribution in [2.24, 2.45) is 0 Å². The Balaban J connectivity index is 2.09. The van der Waals surface area contributed by atoms with Gasteiger partial charge in [-0.05, 0) is 12.1 Å². The van der Waals surface area contributed by atoms with Crippen LogP contribution in [0.4, 0.5) is 0 Å². The SMILES string of the molecule is CC(=O)c1ncc(-c2ccc3ncoc3c2)[nH]1. The highest BCUT2D eigenvalue weighted by Crippen LogP contribution is 2.22. The summed E-state index contributed by atoms with van der Waals surface area (Å²) in [5, 5.41) is 0. The highest BCUT2D eigenvalue weighted by Gasteiger charge is 2.08. The van der Waals surface area contributed by atoms with Crippen molar-refractivity contribution in [2.75, 3.05) is 0 Å². The van der Waals surface area contributed by atoms with Crippen molar-refractivity contribution in [3.63, 3.8) is 0 Å². The Bertz CT molecular complexity index is 696. The van der Waals surface area contributed by atoms with Gasteiger partial charge < -0.3 is 9.40 Å². The van der Waals surface area contributed by atoms with Gasteiger partial charge in [0.2, 0.25) is 0 Å². The number of nitrogens with zero attached hydrogens (tertiary/aromatic N) is 2. The first-order valence-electron chi connectivity index (χ1n) is 5.13. The number of carbonyl (C=O) groups excluding carboxylic acids is 1. The van der Waals surface area contributed by atoms with Crippen LogP contribution in [0.3, 0.4) is 0 Å². The Morgan fingerprint density at radius 2 is 2.24 bits per heavy atom. The van der Waals surface area contributed by atoms with E-state index in [0.29, 0.717) is 11.4 Å². The molecule has 0 aliphatic rings. The summed E-state index contributed by atoms with van der Waals surface area (Å²) in [6.45, 7) is 1.47. The molecule has 0 aliphatic carbocycles. The van der Waals surface area contributed by atoms with E-state index in [2.05, 4.69) is 15.0 Å². The van der Waals surface area contributed by atoms with E-state index in [0.717, 1.165) is 16.8 Å². The summed E-state index contributed by atoms with van der Waals surface area (Å²) in [4.78, 5) is 22.2. The second-order valence-electron chi connectivity index (χ2n) is 3.74. The van der Waals surface area contributed by atoms with Crippen LogP contribution < -0.4 is 0 Å². The lowest BCUT2D eigenvalue weighted by atomic mass is 10.1. The third-order valence-electron chi connectivity index (χ3n) is 2.55. The van der Waals surface area contributed by atoms with E-state index in [1.165, 1.54) is 13.3 Å². The van der Waals surface area contributed by atoms with E-state index in [1.807, 2.05) is 18.2 Å². The molecule has 1 N–H and O–H groups in total. The number of fused-ring (bicyclic) bond motifs is 1. The molecule has 5 heteroatoms. The molecule has 3 rings (SSSR count). The summed E-state index contributed by atoms with van der Waals surface area (Å²) in [6, 6.07) is 5.63. The number of hydrogen-bond acceptors (Lipinski definition) is 4. The Kier molecular flexibility index (Phi) is 2.04. The van der Waals surface area contributed by atoms with E-state index < -0.39 is 0 Å². The number of aromatic nitrogens is 3. The minimum absolute atomic E-state index is 0.0861. The van der Waals surface area contributed by atoms with Crippen LogP contribution in [0.2, 0.25) is 0 Å². The van der Waals surface area contributed by atoms with Gasteiger partial charge in [0.1, 0.15) is 5.52 Å². The van der Waals surface area contributed by atoms with Gasteiger partial charge in [0.25, 0.3) is 0 Å². The van der Waals surface area contributed by atoms with E-state index in [9.17, 15) is 4.79 Å². The van der Waals surface area contributed by atoms with Crippen LogP contribution in [0.1, 0.15) is 17.5 Å². The van der Waals surface area contributed by atoms with Gasteiger partial charge in [-0.1, -0.05) is 6.07 Å². The predicted molar refractivity (Wildman–Crippen MR) is 61.6 cm³/mol. The summed E-state index contributed by atoms with van der Waals surface area (Å²) >= 11 is 0. The molecule has 5 nitrogen and oxygen atoms in total. The number of H-pyrrole nitrogens is 1. The van der Waals surface area contributed by atoms with Crippen LogP contribution in [-0.2, 0) is 0 Å². The standard InChI is InChI=1S/C12H9N3O2/c1-7(16)12-13-5-10(15-12)8-2-3-9-11(4-8)17-6-14-9/h2-6H,1H3,(H,13,15). The molecule has 0 amide bonds. The predicted octanol–water partition coefficient (Wildman–Crippen LogP) is 2.42. The summed E-state index contributed by atoms with van der Waals surface area (Å²) < 4.78 is 5.22. The number of ketones is 1. The lowest BCUT2D eigenvalue weighted by molar-refractivity contribution is 0.100. The first-order valence-corrected chi connectivity index (χ1v) is 5.13. The zero-order valence-corrected chi connectivity index (χ0v) is 9.10. The van der Waals surface area contributed by atoms with Gasteiger partial charge >= 0.3 is 0 Å². The second-order valence-corrected chi connectivity index (χ2v) is 3.74. The van der Waals surface area contributed by atoms with Gasteiger partial charge in [-0.15, -0.1) is 0 Å². The quantitative estimate of drug-likeness (QED) is 0.682. The van der Waals surface area contributed by atoms with Crippen LogP contribution in [-0.4, -0.2) is 20.7 Å². The van der Waals surface area contributed by atoms with E-state index in [-0.39, 0.29) is 5.78 Å². The van der Waals surface area contributed by atoms with Crippen LogP contribution in [0.25, 0.3) is 22.4 Å². The van der Waals surface area contributed by atoms with Crippen molar-refractivity contribution < 1.29 is 9.21 Å². The van der Waals surface area contributed by atoms with Crippen LogP contribution in [0, 0.1) is 0 Å². The highest BCUT2D eigenvalue weighted by atomic mass is 16.3. The summed E-state index contributed by atoms with van der Waals surface area (Å²) in [7, 11) is 0. The van der Waals surface area contributed by atoms with Crippen molar-refractivity contribution in [1.82, 2.24) is 15.0 Å². The van der Waals surface area contributed by atoms with Crippen LogP contribution >= 0.6 is 0 Å². The lowest BCUT2D eigenvalue weighted by Crippen LogP contribution is -1.93. The van der Waals surface area contributed by atoms with E-state index in [1.54, 1.807) is 6.20 Å². The van der Waals surface area contributed by atoms with Gasteiger partial charge in [0.15, 0.2) is 23.6 Å². The fraction of sp³-hybridized carbons (Fsp3) is 0.0833. The minimum atomic E-state index is -0.0861. The maximum absolute atomic E-state index is 11.1. The molecule has 84 valence electrons. The fourth-order valence-corrected chi connectivity index (χ4v) is 1.67. The lowest BCUT2D eigenvalue weighted by Gasteiger charge is -1.96. The minimum Gasteiger partial charge on any atom is -0.443 e. The first-order chi connectivity index (χ1) is 8.24. The van der Waals surface area contributed by atoms with Crippen molar-refractivity contribution >= 4 is 16.9 Å². The molecular weight excluding hydrogens is 218 g/mol. The van der Waals surface area contributed by atoms with Crippen molar-refractivity contribution in [2.45, 2.75) is 6.92 Å². The van der Waals surface area contributed by atoms with Crippen molar-refractivity contribution in [3.05, 3.63) is 36.6 Å². The number of benzene rings is 1. The monoisotopic (exact) mass is 227 g/mol. The van der Waals surface area contributed by atoms with Gasteiger partial charge in [0.05, 0.1) is 11.9 Å². The normalized spacial score (nSPS) is 10.9. The summed E-state index contributed by atoms with van der Waals surface area (Å²) in [5.74, 6) is 0.273. The average Bonchev–Trinajstić information content (AvgIpc) is 2.97. The topological polar surface area (TPSA) is 71.8 Å². The fourth-order valence-electron chi connectivity index (χ4n) is 1.67. The molecule has 0 spiro atoms. The number of rotatable bonds is 2. The Labute approximate surface area is 96.5 Å². The molecule has 2 aromatic heterocycles. The zero-order valence-electron chi connectivity index (χ0n) is 9.10. The number of oxazole rings is 1. The number of Topliss-reactive ketones (excluding diaryl/α,β-unsaturated/α-hetero) is 1. The van der Waals surface area contributed by atoms with Gasteiger partial charge in [-0.25, -0.2) is 9.97 Å². The third kappa shape index (κ3) is 1.61. The second kappa shape index (κ2) is 3.55. The van der Waals surface area contributed by atoms with Crippen LogP contribution in [0.15, 0.2) is 35.2 Å². The molecule has 17 heavy (non-hydrogen) atoms. The molecular formula is C12H9N3O2. The van der Waals surface area contributed by atoms with E-state index >= 15 is 0 Å². The first kappa shape index (κ1) is 9.77. The highest BCUT2D eigenvalue weighted by molar-refractivity contribution is 5.91. The largest absolute Gasteiger partial charge is 0.443 e. The molecule has 0 unspecified atom stereocenters. The zero-order chi connectivity index (χ0) is 11.8. The number of aromatic amines is 1. The smallest absolute Gasteiger partial charge is 0.194 e. The number of nitrogens with one attached hydrogen (secondary N) is 1. The summed E-state index contributed by atoms with van der Waals surface area (Å²) in [6.07, 6.45) is 3.04. The Hall–Kier alpha value is -2.43. The molecule has 0 aliphatic heterocycles. The molecule has 0 bridgehead atoms. The van der Waals surface area contributed by atoms with Gasteiger partial charge in [-0.2, -0.15) is 0 Å². The number of imidazole rings is 1. The maximum Gasteiger partial charge on any atom is 0.194 e. The summed E-state index contributed by atoms with van der Waals surface area (Å²) in [5.41, 5.74) is 3.21. The Morgan fingerprint density at radius 3 is 3.00 bits per heavy atom.